The van der Waals surface area contributed by atoms with Gasteiger partial charge in [0.1, 0.15) is 11.2 Å². The van der Waals surface area contributed by atoms with E-state index in [9.17, 15) is 10.2 Å². The summed E-state index contributed by atoms with van der Waals surface area (Å²) in [6.07, 6.45) is 18.7. The zero-order chi connectivity index (χ0) is 19.7. The van der Waals surface area contributed by atoms with Gasteiger partial charge < -0.3 is 10.2 Å². The first-order valence-corrected chi connectivity index (χ1v) is 11.3. The fourth-order valence-corrected chi connectivity index (χ4v) is 3.25. The van der Waals surface area contributed by atoms with Crippen LogP contribution in [0, 0.1) is 11.8 Å². The normalized spacial score (nSPS) is 15.8. The van der Waals surface area contributed by atoms with Crippen molar-refractivity contribution >= 4 is 0 Å². The van der Waals surface area contributed by atoms with Gasteiger partial charge in [-0.3, -0.25) is 0 Å². The van der Waals surface area contributed by atoms with E-state index >= 15 is 0 Å². The van der Waals surface area contributed by atoms with Crippen LogP contribution in [0.2, 0.25) is 0 Å². The number of hydrogen-bond donors (Lipinski definition) is 2. The van der Waals surface area contributed by atoms with Crippen molar-refractivity contribution in [2.45, 2.75) is 142 Å². The average Bonchev–Trinajstić information content (AvgIpc) is 2.59. The van der Waals surface area contributed by atoms with Crippen LogP contribution in [-0.2, 0) is 0 Å². The van der Waals surface area contributed by atoms with E-state index < -0.39 is 11.2 Å². The highest BCUT2D eigenvalue weighted by Crippen LogP contribution is 2.19. The molecule has 0 radical (unpaired) electrons. The summed E-state index contributed by atoms with van der Waals surface area (Å²) in [5, 5.41) is 20.9. The molecule has 0 heterocycles. The molecule has 0 bridgehead atoms. The molecule has 0 aliphatic carbocycles. The molecule has 0 amide bonds. The molecule has 2 N–H and O–H groups in total. The molecule has 0 rings (SSSR count). The van der Waals surface area contributed by atoms with E-state index in [2.05, 4.69) is 25.7 Å². The summed E-state index contributed by atoms with van der Waals surface area (Å²) in [5.74, 6) is 5.87. The Morgan fingerprint density at radius 1 is 0.500 bits per heavy atom. The predicted molar refractivity (Wildman–Crippen MR) is 114 cm³/mol. The molecule has 0 aliphatic rings. The Morgan fingerprint density at radius 3 is 1.08 bits per heavy atom. The Labute approximate surface area is 164 Å². The second kappa shape index (κ2) is 15.5. The van der Waals surface area contributed by atoms with Crippen molar-refractivity contribution in [2.24, 2.45) is 0 Å². The maximum Gasteiger partial charge on any atom is 0.122 e. The van der Waals surface area contributed by atoms with E-state index in [1.54, 1.807) is 13.8 Å². The Morgan fingerprint density at radius 2 is 0.769 bits per heavy atom. The third-order valence-corrected chi connectivity index (χ3v) is 5.14. The van der Waals surface area contributed by atoms with Crippen LogP contribution in [0.5, 0.6) is 0 Å². The van der Waals surface area contributed by atoms with Crippen molar-refractivity contribution in [3.05, 3.63) is 0 Å². The molecule has 0 saturated heterocycles. The zero-order valence-corrected chi connectivity index (χ0v) is 18.2. The van der Waals surface area contributed by atoms with Gasteiger partial charge >= 0.3 is 0 Å². The predicted octanol–water partition coefficient (Wildman–Crippen LogP) is 6.77. The van der Waals surface area contributed by atoms with Crippen molar-refractivity contribution in [3.63, 3.8) is 0 Å². The first-order valence-electron chi connectivity index (χ1n) is 11.3. The fourth-order valence-electron chi connectivity index (χ4n) is 3.25. The minimum Gasteiger partial charge on any atom is -0.378 e. The van der Waals surface area contributed by atoms with E-state index in [0.29, 0.717) is 12.8 Å². The molecule has 0 unspecified atom stereocenters. The molecule has 2 heteroatoms. The van der Waals surface area contributed by atoms with Gasteiger partial charge in [-0.25, -0.2) is 0 Å². The highest BCUT2D eigenvalue weighted by molar-refractivity contribution is 5.19. The van der Waals surface area contributed by atoms with Crippen LogP contribution in [0.15, 0.2) is 0 Å². The van der Waals surface area contributed by atoms with Crippen LogP contribution >= 0.6 is 0 Å². The molecule has 0 fully saturated rings. The summed E-state index contributed by atoms with van der Waals surface area (Å²) in [6, 6.07) is 0. The van der Waals surface area contributed by atoms with Gasteiger partial charge in [0.15, 0.2) is 0 Å². The zero-order valence-electron chi connectivity index (χ0n) is 18.2. The quantitative estimate of drug-likeness (QED) is 0.234. The molecule has 154 valence electrons. The third-order valence-electron chi connectivity index (χ3n) is 5.14. The van der Waals surface area contributed by atoms with Crippen LogP contribution in [0.25, 0.3) is 0 Å². The fraction of sp³-hybridized carbons (Fsp3) is 0.917. The van der Waals surface area contributed by atoms with Gasteiger partial charge in [-0.05, 0) is 39.5 Å². The molecule has 2 atom stereocenters. The number of unbranched alkanes of at least 4 members (excludes halogenated alkanes) is 12. The molecular weight excluding hydrogens is 320 g/mol. The summed E-state index contributed by atoms with van der Waals surface area (Å²) < 4.78 is 0. The van der Waals surface area contributed by atoms with Crippen molar-refractivity contribution < 1.29 is 10.2 Å². The van der Waals surface area contributed by atoms with Crippen molar-refractivity contribution in [3.8, 4) is 11.8 Å². The molecule has 0 aromatic carbocycles. The van der Waals surface area contributed by atoms with Crippen molar-refractivity contribution in [2.75, 3.05) is 0 Å². The number of rotatable bonds is 16. The maximum absolute atomic E-state index is 10.4. The summed E-state index contributed by atoms with van der Waals surface area (Å²) >= 11 is 0. The molecule has 0 spiro atoms. The lowest BCUT2D eigenvalue weighted by Crippen LogP contribution is -2.26. The molecule has 0 aromatic rings. The topological polar surface area (TPSA) is 40.5 Å². The summed E-state index contributed by atoms with van der Waals surface area (Å²) in [5.41, 5.74) is -1.96. The Kier molecular flexibility index (Phi) is 15.2. The van der Waals surface area contributed by atoms with Gasteiger partial charge in [0.25, 0.3) is 0 Å². The molecule has 2 nitrogen and oxygen atoms in total. The molecular formula is C24H46O2. The summed E-state index contributed by atoms with van der Waals surface area (Å²) in [6.45, 7) is 8.03. The molecule has 0 saturated carbocycles. The largest absolute Gasteiger partial charge is 0.378 e. The van der Waals surface area contributed by atoms with Crippen LogP contribution in [0.1, 0.15) is 130 Å². The van der Waals surface area contributed by atoms with Crippen LogP contribution < -0.4 is 0 Å². The average molecular weight is 367 g/mol. The second-order valence-electron chi connectivity index (χ2n) is 8.54. The van der Waals surface area contributed by atoms with Crippen molar-refractivity contribution in [1.29, 1.82) is 0 Å². The van der Waals surface area contributed by atoms with Gasteiger partial charge in [-0.15, -0.1) is 0 Å². The van der Waals surface area contributed by atoms with Gasteiger partial charge in [-0.2, -0.15) is 0 Å². The van der Waals surface area contributed by atoms with Gasteiger partial charge in [-0.1, -0.05) is 103 Å². The van der Waals surface area contributed by atoms with Gasteiger partial charge in [0, 0.05) is 0 Å². The number of aliphatic hydroxyl groups is 2. The molecule has 26 heavy (non-hydrogen) atoms. The third kappa shape index (κ3) is 16.9. The molecule has 0 aromatic heterocycles. The van der Waals surface area contributed by atoms with Gasteiger partial charge in [0.05, 0.1) is 0 Å². The van der Waals surface area contributed by atoms with Gasteiger partial charge in [0.2, 0.25) is 0 Å². The molecule has 0 aliphatic heterocycles. The van der Waals surface area contributed by atoms with E-state index in [1.807, 2.05) is 0 Å². The smallest absolute Gasteiger partial charge is 0.122 e. The van der Waals surface area contributed by atoms with Crippen LogP contribution in [0.4, 0.5) is 0 Å². The lowest BCUT2D eigenvalue weighted by atomic mass is 9.94. The highest BCUT2D eigenvalue weighted by atomic mass is 16.3. The highest BCUT2D eigenvalue weighted by Gasteiger charge is 2.20. The minimum atomic E-state index is -0.979. The lowest BCUT2D eigenvalue weighted by molar-refractivity contribution is 0.0968. The number of hydrogen-bond acceptors (Lipinski definition) is 2. The maximum atomic E-state index is 10.4. The lowest BCUT2D eigenvalue weighted by Gasteiger charge is -2.20. The van der Waals surface area contributed by atoms with E-state index in [0.717, 1.165) is 25.7 Å². The van der Waals surface area contributed by atoms with E-state index in [4.69, 9.17) is 0 Å². The monoisotopic (exact) mass is 366 g/mol. The Hall–Kier alpha value is -0.520. The SMILES string of the molecule is CCCCCCCCC[C@@](C)(O)C#C[C@](C)(O)CCCCCCCCC. The first kappa shape index (κ1) is 25.5. The summed E-state index contributed by atoms with van der Waals surface area (Å²) in [4.78, 5) is 0. The van der Waals surface area contributed by atoms with E-state index in [-0.39, 0.29) is 0 Å². The standard InChI is InChI=1S/C24H46O2/c1-5-7-9-11-13-15-17-19-23(3,25)21-22-24(4,26)20-18-16-14-12-10-8-6-2/h25-26H,5-20H2,1-4H3/t23-,24-/m1/s1. The minimum absolute atomic E-state index is 0.696. The van der Waals surface area contributed by atoms with Crippen LogP contribution in [-0.4, -0.2) is 21.4 Å². The van der Waals surface area contributed by atoms with E-state index in [1.165, 1.54) is 64.2 Å². The Balaban J connectivity index is 3.94. The van der Waals surface area contributed by atoms with Crippen molar-refractivity contribution in [1.82, 2.24) is 0 Å². The Bertz CT molecular complexity index is 339. The first-order chi connectivity index (χ1) is 12.3. The van der Waals surface area contributed by atoms with Crippen LogP contribution in [0.3, 0.4) is 0 Å². The second-order valence-corrected chi connectivity index (χ2v) is 8.54. The summed E-state index contributed by atoms with van der Waals surface area (Å²) in [7, 11) is 0.